The smallest absolute Gasteiger partial charge is 0.227 e. The highest BCUT2D eigenvalue weighted by Crippen LogP contribution is 2.25. The molecule has 1 aromatic carbocycles. The van der Waals surface area contributed by atoms with Crippen LogP contribution in [0.2, 0.25) is 5.02 Å². The summed E-state index contributed by atoms with van der Waals surface area (Å²) in [4.78, 5) is 22.7. The molecule has 4 nitrogen and oxygen atoms in total. The van der Waals surface area contributed by atoms with Gasteiger partial charge in [0, 0.05) is 35.9 Å². The van der Waals surface area contributed by atoms with Gasteiger partial charge in [0.2, 0.25) is 5.91 Å². The summed E-state index contributed by atoms with van der Waals surface area (Å²) in [6.07, 6.45) is 5.84. The Kier molecular flexibility index (Phi) is 4.68. The summed E-state index contributed by atoms with van der Waals surface area (Å²) < 4.78 is 0. The quantitative estimate of drug-likeness (QED) is 0.874. The van der Waals surface area contributed by atoms with Gasteiger partial charge < -0.3 is 4.90 Å². The van der Waals surface area contributed by atoms with E-state index in [9.17, 15) is 4.79 Å². The summed E-state index contributed by atoms with van der Waals surface area (Å²) in [5.74, 6) is 0.479. The van der Waals surface area contributed by atoms with Gasteiger partial charge in [-0.1, -0.05) is 23.7 Å². The number of aromatic nitrogens is 2. The van der Waals surface area contributed by atoms with Crippen molar-refractivity contribution in [3.8, 4) is 0 Å². The highest BCUT2D eigenvalue weighted by Gasteiger charge is 2.25. The number of hydrogen-bond acceptors (Lipinski definition) is 3. The van der Waals surface area contributed by atoms with Gasteiger partial charge >= 0.3 is 0 Å². The molecule has 3 rings (SSSR count). The average molecular weight is 316 g/mol. The van der Waals surface area contributed by atoms with Gasteiger partial charge in [-0.3, -0.25) is 4.79 Å². The highest BCUT2D eigenvalue weighted by molar-refractivity contribution is 6.30. The molecular weight excluding hydrogens is 298 g/mol. The van der Waals surface area contributed by atoms with E-state index in [-0.39, 0.29) is 5.91 Å². The number of carbonyl (C=O) groups excluding carboxylic acids is 1. The fourth-order valence-electron chi connectivity index (χ4n) is 2.88. The second-order valence-electron chi connectivity index (χ2n) is 5.62. The predicted molar refractivity (Wildman–Crippen MR) is 85.7 cm³/mol. The fourth-order valence-corrected chi connectivity index (χ4v) is 3.00. The van der Waals surface area contributed by atoms with Crippen LogP contribution in [0, 0.1) is 0 Å². The van der Waals surface area contributed by atoms with Crippen LogP contribution in [0.15, 0.2) is 42.9 Å². The van der Waals surface area contributed by atoms with Crippen LogP contribution in [-0.4, -0.2) is 33.9 Å². The molecule has 22 heavy (non-hydrogen) atoms. The van der Waals surface area contributed by atoms with E-state index in [1.54, 1.807) is 12.5 Å². The number of piperidine rings is 1. The van der Waals surface area contributed by atoms with E-state index in [0.29, 0.717) is 17.4 Å². The number of carbonyl (C=O) groups is 1. The van der Waals surface area contributed by atoms with E-state index < -0.39 is 0 Å². The fraction of sp³-hybridized carbons (Fsp3) is 0.353. The number of halogens is 1. The first kappa shape index (κ1) is 15.0. The largest absolute Gasteiger partial charge is 0.342 e. The molecule has 1 fully saturated rings. The van der Waals surface area contributed by atoms with Crippen molar-refractivity contribution in [2.24, 2.45) is 0 Å². The lowest BCUT2D eigenvalue weighted by molar-refractivity contribution is -0.131. The molecule has 1 aliphatic rings. The lowest BCUT2D eigenvalue weighted by atomic mass is 9.94. The van der Waals surface area contributed by atoms with E-state index in [4.69, 9.17) is 11.6 Å². The van der Waals surface area contributed by atoms with Gasteiger partial charge in [0.1, 0.15) is 6.33 Å². The Labute approximate surface area is 135 Å². The Morgan fingerprint density at radius 2 is 2.09 bits per heavy atom. The monoisotopic (exact) mass is 315 g/mol. The third-order valence-corrected chi connectivity index (χ3v) is 4.32. The van der Waals surface area contributed by atoms with Gasteiger partial charge in [-0.15, -0.1) is 0 Å². The third kappa shape index (κ3) is 3.63. The Balaban J connectivity index is 1.64. The maximum absolute atomic E-state index is 12.5. The first-order valence-electron chi connectivity index (χ1n) is 7.50. The third-order valence-electron chi connectivity index (χ3n) is 4.07. The first-order chi connectivity index (χ1) is 10.7. The lowest BCUT2D eigenvalue weighted by Gasteiger charge is -2.32. The summed E-state index contributed by atoms with van der Waals surface area (Å²) in [5.41, 5.74) is 2.03. The van der Waals surface area contributed by atoms with Crippen molar-refractivity contribution in [1.29, 1.82) is 0 Å². The predicted octanol–water partition coefficient (Wildman–Crippen LogP) is 3.08. The van der Waals surface area contributed by atoms with Crippen molar-refractivity contribution in [1.82, 2.24) is 14.9 Å². The Bertz CT molecular complexity index is 630. The van der Waals surface area contributed by atoms with Crippen molar-refractivity contribution in [3.63, 3.8) is 0 Å². The van der Waals surface area contributed by atoms with Crippen LogP contribution >= 0.6 is 11.6 Å². The van der Waals surface area contributed by atoms with Gasteiger partial charge in [-0.2, -0.15) is 0 Å². The second-order valence-corrected chi connectivity index (χ2v) is 6.05. The van der Waals surface area contributed by atoms with Gasteiger partial charge in [-0.05, 0) is 36.6 Å². The van der Waals surface area contributed by atoms with Crippen molar-refractivity contribution >= 4 is 17.5 Å². The summed E-state index contributed by atoms with van der Waals surface area (Å²) in [5, 5.41) is 0.693. The molecule has 1 saturated heterocycles. The zero-order chi connectivity index (χ0) is 15.4. The normalized spacial score (nSPS) is 18.2. The Morgan fingerprint density at radius 3 is 2.82 bits per heavy atom. The molecule has 0 aliphatic carbocycles. The topological polar surface area (TPSA) is 46.1 Å². The Hall–Kier alpha value is -1.94. The maximum atomic E-state index is 12.5. The zero-order valence-corrected chi connectivity index (χ0v) is 13.0. The van der Waals surface area contributed by atoms with Gasteiger partial charge in [-0.25, -0.2) is 9.97 Å². The molecule has 1 aromatic heterocycles. The van der Waals surface area contributed by atoms with Gasteiger partial charge in [0.05, 0.1) is 6.42 Å². The highest BCUT2D eigenvalue weighted by atomic mass is 35.5. The summed E-state index contributed by atoms with van der Waals surface area (Å²) >= 11 is 5.88. The van der Waals surface area contributed by atoms with Crippen molar-refractivity contribution in [2.45, 2.75) is 25.2 Å². The van der Waals surface area contributed by atoms with Crippen LogP contribution in [0.1, 0.15) is 30.0 Å². The van der Waals surface area contributed by atoms with Crippen molar-refractivity contribution in [3.05, 3.63) is 59.1 Å². The molecule has 0 spiro atoms. The number of amides is 1. The number of rotatable bonds is 3. The van der Waals surface area contributed by atoms with E-state index in [2.05, 4.69) is 9.97 Å². The van der Waals surface area contributed by atoms with E-state index in [1.807, 2.05) is 35.2 Å². The molecule has 0 radical (unpaired) electrons. The molecule has 2 aromatic rings. The molecule has 0 N–H and O–H groups in total. The van der Waals surface area contributed by atoms with Gasteiger partial charge in [0.15, 0.2) is 0 Å². The van der Waals surface area contributed by atoms with Crippen LogP contribution in [0.5, 0.6) is 0 Å². The zero-order valence-electron chi connectivity index (χ0n) is 12.3. The standard InChI is InChI=1S/C17H18ClN3O/c18-15-5-3-13(4-6-15)10-17(22)21-9-1-2-14(11-21)16-7-8-19-12-20-16/h3-8,12,14H,1-2,9-11H2/t14-/m1/s1. The summed E-state index contributed by atoms with van der Waals surface area (Å²) in [6.45, 7) is 1.57. The number of hydrogen-bond donors (Lipinski definition) is 0. The van der Waals surface area contributed by atoms with Crippen molar-refractivity contribution in [2.75, 3.05) is 13.1 Å². The van der Waals surface area contributed by atoms with Crippen LogP contribution in [0.4, 0.5) is 0 Å². The van der Waals surface area contributed by atoms with E-state index in [1.165, 1.54) is 0 Å². The van der Waals surface area contributed by atoms with Crippen molar-refractivity contribution < 1.29 is 4.79 Å². The lowest BCUT2D eigenvalue weighted by Crippen LogP contribution is -2.40. The summed E-state index contributed by atoms with van der Waals surface area (Å²) in [7, 11) is 0. The van der Waals surface area contributed by atoms with Gasteiger partial charge in [0.25, 0.3) is 0 Å². The van der Waals surface area contributed by atoms with Crippen LogP contribution in [0.3, 0.4) is 0 Å². The molecule has 1 aliphatic heterocycles. The molecule has 2 heterocycles. The first-order valence-corrected chi connectivity index (χ1v) is 7.88. The van der Waals surface area contributed by atoms with E-state index >= 15 is 0 Å². The molecule has 0 bridgehead atoms. The molecule has 0 saturated carbocycles. The molecule has 5 heteroatoms. The minimum atomic E-state index is 0.168. The molecule has 1 atom stereocenters. The molecule has 114 valence electrons. The number of benzene rings is 1. The van der Waals surface area contributed by atoms with Crippen LogP contribution in [0.25, 0.3) is 0 Å². The van der Waals surface area contributed by atoms with E-state index in [0.717, 1.165) is 37.2 Å². The van der Waals surface area contributed by atoms with Crippen LogP contribution < -0.4 is 0 Å². The molecule has 1 amide bonds. The maximum Gasteiger partial charge on any atom is 0.227 e. The average Bonchev–Trinajstić information content (AvgIpc) is 2.58. The summed E-state index contributed by atoms with van der Waals surface area (Å²) in [6, 6.07) is 9.41. The SMILES string of the molecule is O=C(Cc1ccc(Cl)cc1)N1CCC[C@@H](c2ccncn2)C1. The van der Waals surface area contributed by atoms with Crippen LogP contribution in [-0.2, 0) is 11.2 Å². The number of nitrogens with zero attached hydrogens (tertiary/aromatic N) is 3. The molecule has 0 unspecified atom stereocenters. The second kappa shape index (κ2) is 6.88. The Morgan fingerprint density at radius 1 is 1.27 bits per heavy atom. The minimum absolute atomic E-state index is 0.168. The minimum Gasteiger partial charge on any atom is -0.342 e. The molecular formula is C17H18ClN3O. The number of likely N-dealkylation sites (tertiary alicyclic amines) is 1.